The second-order valence-electron chi connectivity index (χ2n) is 4.86. The number of hydrazone groups is 1. The van der Waals surface area contributed by atoms with E-state index in [0.29, 0.717) is 11.5 Å². The van der Waals surface area contributed by atoms with Gasteiger partial charge in [-0.15, -0.1) is 11.3 Å². The lowest BCUT2D eigenvalue weighted by atomic mass is 10.2. The van der Waals surface area contributed by atoms with Gasteiger partial charge in [0.2, 0.25) is 5.13 Å². The first-order chi connectivity index (χ1) is 11.5. The van der Waals surface area contributed by atoms with E-state index >= 15 is 0 Å². The highest BCUT2D eigenvalue weighted by molar-refractivity contribution is 7.13. The van der Waals surface area contributed by atoms with Crippen LogP contribution in [0.25, 0.3) is 0 Å². The first-order valence-electron chi connectivity index (χ1n) is 7.17. The Morgan fingerprint density at radius 1 is 1.38 bits per heavy atom. The Morgan fingerprint density at radius 3 is 2.79 bits per heavy atom. The van der Waals surface area contributed by atoms with Gasteiger partial charge in [-0.3, -0.25) is 5.43 Å². The Balaban J connectivity index is 2.06. The van der Waals surface area contributed by atoms with Crippen molar-refractivity contribution >= 4 is 28.7 Å². The van der Waals surface area contributed by atoms with Gasteiger partial charge in [-0.05, 0) is 37.6 Å². The van der Waals surface area contributed by atoms with Gasteiger partial charge in [-0.2, -0.15) is 5.10 Å². The van der Waals surface area contributed by atoms with Crippen LogP contribution in [0.2, 0.25) is 0 Å². The number of rotatable bonds is 7. The quantitative estimate of drug-likeness (QED) is 0.470. The van der Waals surface area contributed by atoms with Crippen molar-refractivity contribution in [2.24, 2.45) is 5.10 Å². The molecule has 0 amide bonds. The van der Waals surface area contributed by atoms with Crippen molar-refractivity contribution in [2.75, 3.05) is 19.6 Å². The van der Waals surface area contributed by atoms with Crippen LogP contribution in [0.5, 0.6) is 11.5 Å². The summed E-state index contributed by atoms with van der Waals surface area (Å²) in [6.07, 6.45) is 0.922. The summed E-state index contributed by atoms with van der Waals surface area (Å²) in [7, 11) is 2.85. The summed E-state index contributed by atoms with van der Waals surface area (Å²) in [6, 6.07) is 5.28. The molecule has 0 aliphatic carbocycles. The third-order valence-electron chi connectivity index (χ3n) is 3.02. The minimum Gasteiger partial charge on any atom is -0.493 e. The van der Waals surface area contributed by atoms with Gasteiger partial charge in [-0.25, -0.2) is 9.78 Å². The molecule has 0 aliphatic rings. The van der Waals surface area contributed by atoms with E-state index < -0.39 is 12.1 Å². The summed E-state index contributed by atoms with van der Waals surface area (Å²) in [4.78, 5) is 15.7. The van der Waals surface area contributed by atoms with Crippen LogP contribution in [-0.2, 0) is 9.53 Å². The molecule has 0 aliphatic heterocycles. The Hall–Kier alpha value is -2.61. The van der Waals surface area contributed by atoms with Crippen molar-refractivity contribution in [3.05, 3.63) is 34.8 Å². The lowest BCUT2D eigenvalue weighted by Gasteiger charge is -2.15. The number of aryl methyl sites for hydroxylation is 1. The highest BCUT2D eigenvalue weighted by Gasteiger charge is 2.17. The number of anilines is 1. The second kappa shape index (κ2) is 8.30. The van der Waals surface area contributed by atoms with Crippen molar-refractivity contribution in [1.29, 1.82) is 0 Å². The van der Waals surface area contributed by atoms with E-state index in [1.54, 1.807) is 31.3 Å². The van der Waals surface area contributed by atoms with E-state index in [1.165, 1.54) is 25.6 Å². The summed E-state index contributed by atoms with van der Waals surface area (Å²) in [5.74, 6) is 0.501. The number of benzene rings is 1. The molecule has 8 heteroatoms. The average Bonchev–Trinajstić information content (AvgIpc) is 3.00. The average molecular weight is 349 g/mol. The van der Waals surface area contributed by atoms with Crippen LogP contribution in [0.1, 0.15) is 18.2 Å². The monoisotopic (exact) mass is 349 g/mol. The first kappa shape index (κ1) is 17.7. The van der Waals surface area contributed by atoms with Crippen LogP contribution in [0.15, 0.2) is 28.7 Å². The molecule has 1 atom stereocenters. The predicted molar refractivity (Wildman–Crippen MR) is 93.2 cm³/mol. The molecule has 1 unspecified atom stereocenters. The number of methoxy groups -OCH3 is 2. The van der Waals surface area contributed by atoms with Gasteiger partial charge in [-0.1, -0.05) is 0 Å². The fourth-order valence-electron chi connectivity index (χ4n) is 1.83. The van der Waals surface area contributed by atoms with Gasteiger partial charge < -0.3 is 14.2 Å². The molecule has 1 heterocycles. The Kier molecular flexibility index (Phi) is 6.14. The molecule has 0 radical (unpaired) electrons. The fraction of sp³-hybridized carbons (Fsp3) is 0.312. The molecule has 128 valence electrons. The summed E-state index contributed by atoms with van der Waals surface area (Å²) < 4.78 is 15.5. The van der Waals surface area contributed by atoms with Gasteiger partial charge in [0.05, 0.1) is 26.1 Å². The lowest BCUT2D eigenvalue weighted by Crippen LogP contribution is -2.25. The molecule has 1 aromatic heterocycles. The summed E-state index contributed by atoms with van der Waals surface area (Å²) in [6.45, 7) is 3.53. The highest BCUT2D eigenvalue weighted by atomic mass is 32.1. The van der Waals surface area contributed by atoms with E-state index in [2.05, 4.69) is 20.2 Å². The van der Waals surface area contributed by atoms with Crippen LogP contribution < -0.4 is 14.9 Å². The number of carbonyl (C=O) groups is 1. The van der Waals surface area contributed by atoms with E-state index in [9.17, 15) is 4.79 Å². The van der Waals surface area contributed by atoms with Crippen LogP contribution >= 0.6 is 11.3 Å². The summed E-state index contributed by atoms with van der Waals surface area (Å²) >= 11 is 1.48. The number of esters is 1. The largest absolute Gasteiger partial charge is 0.493 e. The zero-order valence-corrected chi connectivity index (χ0v) is 14.7. The molecule has 0 spiro atoms. The third kappa shape index (κ3) is 4.69. The van der Waals surface area contributed by atoms with Crippen LogP contribution in [-0.4, -0.2) is 37.5 Å². The van der Waals surface area contributed by atoms with Crippen molar-refractivity contribution < 1.29 is 19.0 Å². The molecule has 0 fully saturated rings. The molecule has 2 rings (SSSR count). The SMILES string of the molecule is COC(=O)C(C)Oc1ccc(C=NNc2nc(C)cs2)cc1OC. The first-order valence-corrected chi connectivity index (χ1v) is 8.05. The van der Waals surface area contributed by atoms with E-state index in [1.807, 2.05) is 12.3 Å². The number of nitrogens with zero attached hydrogens (tertiary/aromatic N) is 2. The molecule has 0 saturated heterocycles. The maximum absolute atomic E-state index is 11.4. The lowest BCUT2D eigenvalue weighted by molar-refractivity contribution is -0.147. The Morgan fingerprint density at radius 2 is 2.17 bits per heavy atom. The molecular weight excluding hydrogens is 330 g/mol. The molecule has 1 aromatic carbocycles. The number of nitrogens with one attached hydrogen (secondary N) is 1. The Bertz CT molecular complexity index is 730. The van der Waals surface area contributed by atoms with Crippen molar-refractivity contribution in [3.63, 3.8) is 0 Å². The van der Waals surface area contributed by atoms with Gasteiger partial charge in [0.1, 0.15) is 0 Å². The number of hydrogen-bond donors (Lipinski definition) is 1. The minimum atomic E-state index is -0.724. The smallest absolute Gasteiger partial charge is 0.346 e. The number of hydrogen-bond acceptors (Lipinski definition) is 8. The second-order valence-corrected chi connectivity index (χ2v) is 5.72. The van der Waals surface area contributed by atoms with Gasteiger partial charge in [0.25, 0.3) is 0 Å². The van der Waals surface area contributed by atoms with Gasteiger partial charge >= 0.3 is 5.97 Å². The fourth-order valence-corrected chi connectivity index (χ4v) is 2.47. The van der Waals surface area contributed by atoms with Crippen LogP contribution in [0.3, 0.4) is 0 Å². The van der Waals surface area contributed by atoms with Gasteiger partial charge in [0.15, 0.2) is 17.6 Å². The van der Waals surface area contributed by atoms with Crippen molar-refractivity contribution in [2.45, 2.75) is 20.0 Å². The molecule has 2 aromatic rings. The van der Waals surface area contributed by atoms with E-state index in [-0.39, 0.29) is 0 Å². The maximum atomic E-state index is 11.4. The van der Waals surface area contributed by atoms with Crippen molar-refractivity contribution in [1.82, 2.24) is 4.98 Å². The van der Waals surface area contributed by atoms with Crippen molar-refractivity contribution in [3.8, 4) is 11.5 Å². The zero-order chi connectivity index (χ0) is 17.5. The summed E-state index contributed by atoms with van der Waals surface area (Å²) in [5.41, 5.74) is 4.62. The predicted octanol–water partition coefficient (Wildman–Crippen LogP) is 2.85. The van der Waals surface area contributed by atoms with E-state index in [4.69, 9.17) is 9.47 Å². The highest BCUT2D eigenvalue weighted by Crippen LogP contribution is 2.28. The molecule has 0 bridgehead atoms. The van der Waals surface area contributed by atoms with Gasteiger partial charge in [0, 0.05) is 5.38 Å². The molecule has 1 N–H and O–H groups in total. The minimum absolute atomic E-state index is 0.453. The molecule has 0 saturated carbocycles. The Labute approximate surface area is 144 Å². The third-order valence-corrected chi connectivity index (χ3v) is 3.88. The standard InChI is InChI=1S/C16H19N3O4S/c1-10-9-24-16(18-10)19-17-8-12-5-6-13(14(7-12)21-3)23-11(2)15(20)22-4/h5-9,11H,1-4H3,(H,18,19). The number of carbonyl (C=O) groups excluding carboxylic acids is 1. The topological polar surface area (TPSA) is 82.0 Å². The number of thiazole rings is 1. The summed E-state index contributed by atoms with van der Waals surface area (Å²) in [5, 5.41) is 6.80. The molecule has 7 nitrogen and oxygen atoms in total. The number of ether oxygens (including phenoxy) is 3. The molecule has 24 heavy (non-hydrogen) atoms. The molecular formula is C16H19N3O4S. The van der Waals surface area contributed by atoms with E-state index in [0.717, 1.165) is 16.4 Å². The van der Waals surface area contributed by atoms with Crippen LogP contribution in [0, 0.1) is 6.92 Å². The zero-order valence-electron chi connectivity index (χ0n) is 13.9. The number of aromatic nitrogens is 1. The normalized spacial score (nSPS) is 12.0. The van der Waals surface area contributed by atoms with Crippen LogP contribution in [0.4, 0.5) is 5.13 Å². The maximum Gasteiger partial charge on any atom is 0.346 e.